The Morgan fingerprint density at radius 3 is 2.67 bits per heavy atom. The lowest BCUT2D eigenvalue weighted by molar-refractivity contribution is -0.139. The molecule has 2 rings (SSSR count). The summed E-state index contributed by atoms with van der Waals surface area (Å²) in [4.78, 5) is 15.6. The van der Waals surface area contributed by atoms with Crippen LogP contribution in [0.5, 0.6) is 5.75 Å². The first-order valence-electron chi connectivity index (χ1n) is 5.29. The molecule has 5 nitrogen and oxygen atoms in total. The molecular formula is C12H12N2O3S. The minimum atomic E-state index is -0.994. The van der Waals surface area contributed by atoms with Gasteiger partial charge in [-0.15, -0.1) is 11.3 Å². The van der Waals surface area contributed by atoms with E-state index in [2.05, 4.69) is 4.98 Å². The second kappa shape index (κ2) is 5.61. The van der Waals surface area contributed by atoms with E-state index in [0.717, 1.165) is 15.4 Å². The van der Waals surface area contributed by atoms with E-state index in [1.165, 1.54) is 11.3 Å². The molecule has 0 amide bonds. The number of hydrogen-bond acceptors (Lipinski definition) is 5. The number of hydrogen-bond donors (Lipinski definition) is 2. The van der Waals surface area contributed by atoms with E-state index in [9.17, 15) is 4.79 Å². The Morgan fingerprint density at radius 1 is 1.39 bits per heavy atom. The summed E-state index contributed by atoms with van der Waals surface area (Å²) in [5.41, 5.74) is 6.49. The van der Waals surface area contributed by atoms with Gasteiger partial charge < -0.3 is 15.6 Å². The van der Waals surface area contributed by atoms with Crippen LogP contribution >= 0.6 is 11.3 Å². The molecule has 0 aliphatic rings. The Morgan fingerprint density at radius 2 is 2.11 bits per heavy atom. The van der Waals surface area contributed by atoms with E-state index in [4.69, 9.17) is 15.6 Å². The molecule has 0 aliphatic carbocycles. The summed E-state index contributed by atoms with van der Waals surface area (Å²) in [6.45, 7) is 0.144. The van der Waals surface area contributed by atoms with Gasteiger partial charge in [-0.2, -0.15) is 0 Å². The zero-order chi connectivity index (χ0) is 13.0. The molecule has 0 unspecified atom stereocenters. The highest BCUT2D eigenvalue weighted by molar-refractivity contribution is 7.15. The van der Waals surface area contributed by atoms with Crippen molar-refractivity contribution in [2.45, 2.75) is 6.54 Å². The maximum absolute atomic E-state index is 10.4. The van der Waals surface area contributed by atoms with Gasteiger partial charge in [0.2, 0.25) is 0 Å². The fourth-order valence-corrected chi connectivity index (χ4v) is 2.17. The van der Waals surface area contributed by atoms with Gasteiger partial charge in [0.25, 0.3) is 0 Å². The number of nitrogens with zero attached hydrogens (tertiary/aromatic N) is 1. The van der Waals surface area contributed by atoms with Gasteiger partial charge in [-0.1, -0.05) is 0 Å². The molecule has 0 fully saturated rings. The fraction of sp³-hybridized carbons (Fsp3) is 0.167. The fourth-order valence-electron chi connectivity index (χ4n) is 1.37. The molecule has 0 radical (unpaired) electrons. The molecule has 18 heavy (non-hydrogen) atoms. The molecule has 0 saturated heterocycles. The van der Waals surface area contributed by atoms with Crippen molar-refractivity contribution in [1.82, 2.24) is 4.98 Å². The highest BCUT2D eigenvalue weighted by Crippen LogP contribution is 2.26. The van der Waals surface area contributed by atoms with Crippen molar-refractivity contribution in [3.05, 3.63) is 35.3 Å². The van der Waals surface area contributed by atoms with E-state index >= 15 is 0 Å². The summed E-state index contributed by atoms with van der Waals surface area (Å²) in [7, 11) is 0. The van der Waals surface area contributed by atoms with Crippen LogP contribution in [0.2, 0.25) is 0 Å². The van der Waals surface area contributed by atoms with Crippen molar-refractivity contribution in [3.8, 4) is 16.3 Å². The number of aromatic nitrogens is 1. The number of carboxylic acids is 1. The van der Waals surface area contributed by atoms with Crippen molar-refractivity contribution in [2.75, 3.05) is 6.61 Å². The minimum absolute atomic E-state index is 0.339. The van der Waals surface area contributed by atoms with Crippen molar-refractivity contribution in [3.63, 3.8) is 0 Å². The Bertz CT molecular complexity index is 537. The first-order chi connectivity index (χ1) is 8.69. The first-order valence-corrected chi connectivity index (χ1v) is 6.10. The lowest BCUT2D eigenvalue weighted by Gasteiger charge is -2.03. The number of nitrogens with two attached hydrogens (primary N) is 1. The molecule has 0 saturated carbocycles. The van der Waals surface area contributed by atoms with Crippen molar-refractivity contribution < 1.29 is 14.6 Å². The summed E-state index contributed by atoms with van der Waals surface area (Å²) < 4.78 is 5.05. The van der Waals surface area contributed by atoms with E-state index in [0.29, 0.717) is 12.3 Å². The van der Waals surface area contributed by atoms with Crippen LogP contribution in [0.15, 0.2) is 30.5 Å². The Hall–Kier alpha value is -1.92. The van der Waals surface area contributed by atoms with E-state index in [-0.39, 0.29) is 6.61 Å². The standard InChI is InChI=1S/C12H12N2O3S/c13-5-10-6-14-12(18-10)8-1-3-9(4-2-8)17-7-11(15)16/h1-4,6H,5,7,13H2,(H,15,16). The number of aliphatic carboxylic acids is 1. The summed E-state index contributed by atoms with van der Waals surface area (Å²) in [5.74, 6) is -0.469. The van der Waals surface area contributed by atoms with Crippen molar-refractivity contribution in [2.24, 2.45) is 5.73 Å². The average molecular weight is 264 g/mol. The third-order valence-electron chi connectivity index (χ3n) is 2.22. The number of carbonyl (C=O) groups is 1. The van der Waals surface area contributed by atoms with Gasteiger partial charge >= 0.3 is 5.97 Å². The lowest BCUT2D eigenvalue weighted by Crippen LogP contribution is -2.09. The van der Waals surface area contributed by atoms with Crippen LogP contribution in [0.3, 0.4) is 0 Å². The summed E-state index contributed by atoms with van der Waals surface area (Å²) in [5, 5.41) is 9.38. The van der Waals surface area contributed by atoms with Crippen LogP contribution in [0.1, 0.15) is 4.88 Å². The van der Waals surface area contributed by atoms with Crippen LogP contribution < -0.4 is 10.5 Å². The average Bonchev–Trinajstić information content (AvgIpc) is 2.85. The molecule has 2 aromatic rings. The normalized spacial score (nSPS) is 10.3. The molecule has 0 aliphatic heterocycles. The van der Waals surface area contributed by atoms with Crippen LogP contribution in [0.25, 0.3) is 10.6 Å². The topological polar surface area (TPSA) is 85.4 Å². The second-order valence-corrected chi connectivity index (χ2v) is 4.66. The summed E-state index contributed by atoms with van der Waals surface area (Å²) >= 11 is 1.54. The van der Waals surface area contributed by atoms with Crippen LogP contribution in [-0.2, 0) is 11.3 Å². The summed E-state index contributed by atoms with van der Waals surface area (Å²) in [6.07, 6.45) is 1.76. The molecule has 3 N–H and O–H groups in total. The third-order valence-corrected chi connectivity index (χ3v) is 3.29. The van der Waals surface area contributed by atoms with Gasteiger partial charge in [0.15, 0.2) is 6.61 Å². The van der Waals surface area contributed by atoms with Crippen LogP contribution in [0.4, 0.5) is 0 Å². The van der Waals surface area contributed by atoms with Crippen LogP contribution in [-0.4, -0.2) is 22.7 Å². The molecule has 94 valence electrons. The number of carboxylic acid groups (broad SMARTS) is 1. The SMILES string of the molecule is NCc1cnc(-c2ccc(OCC(=O)O)cc2)s1. The van der Waals surface area contributed by atoms with Crippen molar-refractivity contribution >= 4 is 17.3 Å². The molecule has 1 aromatic heterocycles. The number of benzene rings is 1. The first kappa shape index (κ1) is 12.5. The van der Waals surface area contributed by atoms with Gasteiger partial charge in [0.1, 0.15) is 10.8 Å². The zero-order valence-corrected chi connectivity index (χ0v) is 10.3. The molecule has 0 spiro atoms. The quantitative estimate of drug-likeness (QED) is 0.859. The smallest absolute Gasteiger partial charge is 0.341 e. The Kier molecular flexibility index (Phi) is 3.91. The molecule has 6 heteroatoms. The van der Waals surface area contributed by atoms with Gasteiger partial charge in [-0.05, 0) is 24.3 Å². The highest BCUT2D eigenvalue weighted by Gasteiger charge is 2.04. The summed E-state index contributed by atoms with van der Waals surface area (Å²) in [6, 6.07) is 7.14. The maximum atomic E-state index is 10.4. The third kappa shape index (κ3) is 3.06. The largest absolute Gasteiger partial charge is 0.482 e. The highest BCUT2D eigenvalue weighted by atomic mass is 32.1. The monoisotopic (exact) mass is 264 g/mol. The molecule has 0 bridgehead atoms. The van der Waals surface area contributed by atoms with Gasteiger partial charge in [-0.25, -0.2) is 9.78 Å². The predicted octanol–water partition coefficient (Wildman–Crippen LogP) is 1.73. The molecule has 0 atom stereocenters. The van der Waals surface area contributed by atoms with Gasteiger partial charge in [-0.3, -0.25) is 0 Å². The van der Waals surface area contributed by atoms with Gasteiger partial charge in [0, 0.05) is 23.2 Å². The maximum Gasteiger partial charge on any atom is 0.341 e. The second-order valence-electron chi connectivity index (χ2n) is 3.54. The zero-order valence-electron chi connectivity index (χ0n) is 9.50. The van der Waals surface area contributed by atoms with Gasteiger partial charge in [0.05, 0.1) is 0 Å². The molecule has 1 aromatic carbocycles. The number of ether oxygens (including phenoxy) is 1. The lowest BCUT2D eigenvalue weighted by atomic mass is 10.2. The number of rotatable bonds is 5. The number of thiazole rings is 1. The van der Waals surface area contributed by atoms with E-state index in [1.54, 1.807) is 18.3 Å². The Balaban J connectivity index is 2.09. The Labute approximate surface area is 108 Å². The minimum Gasteiger partial charge on any atom is -0.482 e. The van der Waals surface area contributed by atoms with Crippen LogP contribution in [0, 0.1) is 0 Å². The predicted molar refractivity (Wildman–Crippen MR) is 68.6 cm³/mol. The van der Waals surface area contributed by atoms with E-state index in [1.807, 2.05) is 12.1 Å². The molecular weight excluding hydrogens is 252 g/mol. The van der Waals surface area contributed by atoms with E-state index < -0.39 is 5.97 Å². The molecule has 1 heterocycles. The van der Waals surface area contributed by atoms with Crippen molar-refractivity contribution in [1.29, 1.82) is 0 Å².